The van der Waals surface area contributed by atoms with Crippen LogP contribution in [0.5, 0.6) is 10.8 Å². The SMILES string of the molecule is CC(=O)c1cc([N+](=O)[O-])sc1Oc1ccc([N+](=O)[O-])cc1. The van der Waals surface area contributed by atoms with Crippen LogP contribution in [0, 0.1) is 20.2 Å². The van der Waals surface area contributed by atoms with Crippen molar-refractivity contribution < 1.29 is 19.4 Å². The molecule has 0 fully saturated rings. The Balaban J connectivity index is 2.32. The number of thiophene rings is 1. The lowest BCUT2D eigenvalue weighted by Gasteiger charge is -2.03. The standard InChI is InChI=1S/C12H8N2O6S/c1-7(15)10-6-11(14(18)19)21-12(10)20-9-4-2-8(3-5-9)13(16)17/h2-6H,1H3. The van der Waals surface area contributed by atoms with Crippen LogP contribution < -0.4 is 4.74 Å². The van der Waals surface area contributed by atoms with E-state index in [1.54, 1.807) is 0 Å². The molecule has 0 aliphatic carbocycles. The van der Waals surface area contributed by atoms with Gasteiger partial charge in [-0.2, -0.15) is 0 Å². The molecule has 0 aliphatic rings. The summed E-state index contributed by atoms with van der Waals surface area (Å²) >= 11 is 0.725. The predicted molar refractivity (Wildman–Crippen MR) is 74.1 cm³/mol. The molecule has 0 saturated heterocycles. The first-order chi connectivity index (χ1) is 9.88. The van der Waals surface area contributed by atoms with Crippen LogP contribution in [0.1, 0.15) is 17.3 Å². The van der Waals surface area contributed by atoms with E-state index in [4.69, 9.17) is 4.74 Å². The first-order valence-electron chi connectivity index (χ1n) is 5.60. The average Bonchev–Trinajstić information content (AvgIpc) is 2.83. The zero-order valence-electron chi connectivity index (χ0n) is 10.6. The third-order valence-electron chi connectivity index (χ3n) is 2.50. The third-order valence-corrected chi connectivity index (χ3v) is 3.47. The number of rotatable bonds is 5. The Morgan fingerprint density at radius 2 is 1.76 bits per heavy atom. The highest BCUT2D eigenvalue weighted by Gasteiger charge is 2.21. The number of carbonyl (C=O) groups excluding carboxylic acids is 1. The van der Waals surface area contributed by atoms with Gasteiger partial charge in [-0.15, -0.1) is 0 Å². The van der Waals surface area contributed by atoms with Gasteiger partial charge in [0.15, 0.2) is 10.8 Å². The molecule has 0 bridgehead atoms. The van der Waals surface area contributed by atoms with Gasteiger partial charge in [0.2, 0.25) is 0 Å². The Morgan fingerprint density at radius 3 is 2.24 bits per heavy atom. The van der Waals surface area contributed by atoms with E-state index < -0.39 is 9.85 Å². The number of benzene rings is 1. The van der Waals surface area contributed by atoms with E-state index >= 15 is 0 Å². The van der Waals surface area contributed by atoms with Crippen LogP contribution >= 0.6 is 11.3 Å². The van der Waals surface area contributed by atoms with Crippen molar-refractivity contribution in [3.8, 4) is 10.8 Å². The second kappa shape index (κ2) is 5.67. The largest absolute Gasteiger partial charge is 0.446 e. The summed E-state index contributed by atoms with van der Waals surface area (Å²) in [5, 5.41) is 21.1. The molecule has 0 atom stereocenters. The van der Waals surface area contributed by atoms with E-state index in [1.165, 1.54) is 31.2 Å². The number of carbonyl (C=O) groups is 1. The number of ether oxygens (including phenoxy) is 1. The van der Waals surface area contributed by atoms with Gasteiger partial charge in [0.1, 0.15) is 5.75 Å². The Bertz CT molecular complexity index is 722. The van der Waals surface area contributed by atoms with Crippen LogP contribution in [-0.2, 0) is 0 Å². The van der Waals surface area contributed by atoms with E-state index in [9.17, 15) is 25.0 Å². The van der Waals surface area contributed by atoms with E-state index in [2.05, 4.69) is 0 Å². The molecule has 0 amide bonds. The average molecular weight is 308 g/mol. The molecule has 2 rings (SSSR count). The number of Topliss-reactive ketones (excluding diaryl/α,β-unsaturated/α-hetero) is 1. The van der Waals surface area contributed by atoms with Crippen molar-refractivity contribution in [3.63, 3.8) is 0 Å². The van der Waals surface area contributed by atoms with Gasteiger partial charge in [-0.05, 0) is 30.4 Å². The van der Waals surface area contributed by atoms with Crippen LogP contribution in [0.4, 0.5) is 10.7 Å². The summed E-state index contributed by atoms with van der Waals surface area (Å²) in [5.74, 6) is -0.115. The van der Waals surface area contributed by atoms with Crippen molar-refractivity contribution in [2.24, 2.45) is 0 Å². The quantitative estimate of drug-likeness (QED) is 0.474. The summed E-state index contributed by atoms with van der Waals surface area (Å²) in [7, 11) is 0. The normalized spacial score (nSPS) is 10.1. The lowest BCUT2D eigenvalue weighted by Crippen LogP contribution is -1.93. The molecular weight excluding hydrogens is 300 g/mol. The first kappa shape index (κ1) is 14.6. The van der Waals surface area contributed by atoms with E-state index in [-0.39, 0.29) is 32.8 Å². The molecule has 0 saturated carbocycles. The summed E-state index contributed by atoms with van der Waals surface area (Å²) in [4.78, 5) is 31.6. The third kappa shape index (κ3) is 3.20. The fraction of sp³-hybridized carbons (Fsp3) is 0.0833. The molecule has 1 heterocycles. The highest BCUT2D eigenvalue weighted by atomic mass is 32.1. The molecule has 108 valence electrons. The maximum absolute atomic E-state index is 11.5. The highest BCUT2D eigenvalue weighted by Crippen LogP contribution is 2.39. The van der Waals surface area contributed by atoms with Gasteiger partial charge in [-0.25, -0.2) is 0 Å². The maximum atomic E-state index is 11.5. The first-order valence-corrected chi connectivity index (χ1v) is 6.41. The van der Waals surface area contributed by atoms with Crippen molar-refractivity contribution >= 4 is 27.8 Å². The molecule has 0 radical (unpaired) electrons. The van der Waals surface area contributed by atoms with Crippen LogP contribution in [-0.4, -0.2) is 15.6 Å². The van der Waals surface area contributed by atoms with Crippen molar-refractivity contribution in [1.82, 2.24) is 0 Å². The molecule has 1 aromatic carbocycles. The number of hydrogen-bond acceptors (Lipinski definition) is 7. The highest BCUT2D eigenvalue weighted by molar-refractivity contribution is 7.17. The minimum absolute atomic E-state index is 0.0862. The lowest BCUT2D eigenvalue weighted by molar-refractivity contribution is -0.384. The van der Waals surface area contributed by atoms with Gasteiger partial charge in [0.05, 0.1) is 15.4 Å². The second-order valence-electron chi connectivity index (χ2n) is 3.95. The van der Waals surface area contributed by atoms with E-state index in [0.29, 0.717) is 0 Å². The van der Waals surface area contributed by atoms with E-state index in [1.807, 2.05) is 0 Å². The van der Waals surface area contributed by atoms with Crippen LogP contribution in [0.2, 0.25) is 0 Å². The number of nitrogens with zero attached hydrogens (tertiary/aromatic N) is 2. The molecule has 8 nitrogen and oxygen atoms in total. The number of non-ortho nitro benzene ring substituents is 1. The summed E-state index contributed by atoms with van der Waals surface area (Å²) in [6.45, 7) is 1.27. The van der Waals surface area contributed by atoms with E-state index in [0.717, 1.165) is 17.4 Å². The number of ketones is 1. The van der Waals surface area contributed by atoms with Crippen molar-refractivity contribution in [2.45, 2.75) is 6.92 Å². The molecule has 9 heteroatoms. The van der Waals surface area contributed by atoms with Crippen molar-refractivity contribution in [1.29, 1.82) is 0 Å². The second-order valence-corrected chi connectivity index (χ2v) is 4.95. The van der Waals surface area contributed by atoms with Crippen molar-refractivity contribution in [2.75, 3.05) is 0 Å². The number of hydrogen-bond donors (Lipinski definition) is 0. The Morgan fingerprint density at radius 1 is 1.14 bits per heavy atom. The molecule has 0 spiro atoms. The molecule has 0 aliphatic heterocycles. The van der Waals surface area contributed by atoms with Crippen molar-refractivity contribution in [3.05, 3.63) is 56.1 Å². The summed E-state index contributed by atoms with van der Waals surface area (Å²) in [5.41, 5.74) is -0.00338. The molecule has 2 aromatic rings. The fourth-order valence-corrected chi connectivity index (χ4v) is 2.41. The molecular formula is C12H8N2O6S. The van der Waals surface area contributed by atoms with Crippen LogP contribution in [0.3, 0.4) is 0 Å². The van der Waals surface area contributed by atoms with Gasteiger partial charge in [-0.1, -0.05) is 0 Å². The summed E-state index contributed by atoms with van der Waals surface area (Å²) < 4.78 is 5.41. The van der Waals surface area contributed by atoms with Crippen LogP contribution in [0.25, 0.3) is 0 Å². The minimum atomic E-state index is -0.611. The fourth-order valence-electron chi connectivity index (χ4n) is 1.52. The monoisotopic (exact) mass is 308 g/mol. The van der Waals surface area contributed by atoms with Crippen LogP contribution in [0.15, 0.2) is 30.3 Å². The van der Waals surface area contributed by atoms with Gasteiger partial charge >= 0.3 is 5.00 Å². The minimum Gasteiger partial charge on any atom is -0.446 e. The van der Waals surface area contributed by atoms with Gasteiger partial charge in [0, 0.05) is 18.2 Å². The maximum Gasteiger partial charge on any atom is 0.328 e. The topological polar surface area (TPSA) is 113 Å². The zero-order valence-corrected chi connectivity index (χ0v) is 11.5. The van der Waals surface area contributed by atoms with Gasteiger partial charge in [-0.3, -0.25) is 25.0 Å². The molecule has 0 unspecified atom stereocenters. The predicted octanol–water partition coefficient (Wildman–Crippen LogP) is 3.56. The summed E-state index contributed by atoms with van der Waals surface area (Å²) in [6, 6.07) is 6.34. The molecule has 1 aromatic heterocycles. The zero-order chi connectivity index (χ0) is 15.6. The lowest BCUT2D eigenvalue weighted by atomic mass is 10.2. The summed E-state index contributed by atoms with van der Waals surface area (Å²) in [6.07, 6.45) is 0. The Hall–Kier alpha value is -2.81. The smallest absolute Gasteiger partial charge is 0.328 e. The molecule has 21 heavy (non-hydrogen) atoms. The number of nitro benzene ring substituents is 1. The van der Waals surface area contributed by atoms with Gasteiger partial charge < -0.3 is 4.74 Å². The Labute approximate surface area is 121 Å². The molecule has 0 N–H and O–H groups in total. The Kier molecular flexibility index (Phi) is 3.94. The number of nitro groups is 2. The van der Waals surface area contributed by atoms with Gasteiger partial charge in [0.25, 0.3) is 5.69 Å².